The molecule has 0 bridgehead atoms. The molecule has 1 amide bonds. The number of likely N-dealkylation sites (tertiary alicyclic amines) is 1. The third-order valence-corrected chi connectivity index (χ3v) is 4.47. The Labute approximate surface area is 158 Å². The zero-order valence-corrected chi connectivity index (χ0v) is 14.8. The number of piperidine rings is 1. The average Bonchev–Trinajstić information content (AvgIpc) is 2.67. The number of carboxylic acid groups (broad SMARTS) is 2. The highest BCUT2D eigenvalue weighted by Gasteiger charge is 2.38. The Morgan fingerprint density at radius 1 is 1.14 bits per heavy atom. The molecular weight excluding hydrogens is 383 g/mol. The monoisotopic (exact) mass is 403 g/mol. The third-order valence-electron chi connectivity index (χ3n) is 4.47. The van der Waals surface area contributed by atoms with Gasteiger partial charge in [-0.2, -0.15) is 13.2 Å². The van der Waals surface area contributed by atoms with Gasteiger partial charge in [0.25, 0.3) is 5.91 Å². The summed E-state index contributed by atoms with van der Waals surface area (Å²) in [5.74, 6) is -3.94. The number of aryl methyl sites for hydroxylation is 1. The normalized spacial score (nSPS) is 16.9. The number of carbonyl (C=O) groups is 3. The van der Waals surface area contributed by atoms with Crippen LogP contribution in [0.5, 0.6) is 0 Å². The second kappa shape index (κ2) is 8.89. The molecule has 0 aromatic carbocycles. The zero-order valence-electron chi connectivity index (χ0n) is 14.8. The standard InChI is InChI=1S/C15H19N3O3.C2HF3O2/c19-14(18-8-5-10(6-9-18)15(20)21)13-4-3-11-12(17-13)2-1-7-16-11;3-2(4,5)1(6)7/h3-4,10,16H,1-2,5-9H2,(H,20,21);(H,6,7). The maximum Gasteiger partial charge on any atom is 0.490 e. The van der Waals surface area contributed by atoms with E-state index in [2.05, 4.69) is 10.3 Å². The molecule has 28 heavy (non-hydrogen) atoms. The van der Waals surface area contributed by atoms with Crippen molar-refractivity contribution in [1.29, 1.82) is 0 Å². The molecule has 0 radical (unpaired) electrons. The molecule has 1 aromatic heterocycles. The minimum atomic E-state index is -5.08. The van der Waals surface area contributed by atoms with Crippen LogP contribution >= 0.6 is 0 Å². The van der Waals surface area contributed by atoms with Gasteiger partial charge >= 0.3 is 18.1 Å². The van der Waals surface area contributed by atoms with E-state index in [-0.39, 0.29) is 11.8 Å². The number of carboxylic acids is 2. The number of rotatable bonds is 2. The first-order chi connectivity index (χ1) is 13.1. The van der Waals surface area contributed by atoms with Crippen LogP contribution in [0.25, 0.3) is 0 Å². The molecule has 3 rings (SSSR count). The van der Waals surface area contributed by atoms with Crippen molar-refractivity contribution in [1.82, 2.24) is 9.88 Å². The fourth-order valence-electron chi connectivity index (χ4n) is 2.94. The number of pyridine rings is 1. The molecular formula is C17H20F3N3O5. The lowest BCUT2D eigenvalue weighted by atomic mass is 9.97. The van der Waals surface area contributed by atoms with Crippen LogP contribution in [0.4, 0.5) is 18.9 Å². The summed E-state index contributed by atoms with van der Waals surface area (Å²) in [6.45, 7) is 1.93. The van der Waals surface area contributed by atoms with Crippen molar-refractivity contribution in [2.75, 3.05) is 25.0 Å². The van der Waals surface area contributed by atoms with Gasteiger partial charge in [0.1, 0.15) is 5.69 Å². The van der Waals surface area contributed by atoms with E-state index in [0.717, 1.165) is 30.8 Å². The van der Waals surface area contributed by atoms with Crippen LogP contribution in [0, 0.1) is 5.92 Å². The molecule has 3 heterocycles. The van der Waals surface area contributed by atoms with Gasteiger partial charge in [-0.25, -0.2) is 9.78 Å². The summed E-state index contributed by atoms with van der Waals surface area (Å²) in [6.07, 6.45) is -2.12. The molecule has 2 aliphatic heterocycles. The van der Waals surface area contributed by atoms with Crippen LogP contribution in [-0.4, -0.2) is 63.8 Å². The van der Waals surface area contributed by atoms with E-state index in [1.165, 1.54) is 0 Å². The first-order valence-corrected chi connectivity index (χ1v) is 8.65. The van der Waals surface area contributed by atoms with E-state index in [4.69, 9.17) is 15.0 Å². The number of nitrogens with zero attached hydrogens (tertiary/aromatic N) is 2. The molecule has 1 aromatic rings. The largest absolute Gasteiger partial charge is 0.490 e. The van der Waals surface area contributed by atoms with Crippen LogP contribution in [0.3, 0.4) is 0 Å². The van der Waals surface area contributed by atoms with Gasteiger partial charge in [-0.1, -0.05) is 0 Å². The molecule has 2 aliphatic rings. The van der Waals surface area contributed by atoms with E-state index in [9.17, 15) is 22.8 Å². The van der Waals surface area contributed by atoms with E-state index >= 15 is 0 Å². The smallest absolute Gasteiger partial charge is 0.481 e. The number of alkyl halides is 3. The second-order valence-electron chi connectivity index (χ2n) is 6.43. The summed E-state index contributed by atoms with van der Waals surface area (Å²) in [4.78, 5) is 38.5. The number of halogens is 3. The predicted molar refractivity (Wildman–Crippen MR) is 91.0 cm³/mol. The number of carbonyl (C=O) groups excluding carboxylic acids is 1. The van der Waals surface area contributed by atoms with E-state index < -0.39 is 18.1 Å². The molecule has 8 nitrogen and oxygen atoms in total. The number of anilines is 1. The van der Waals surface area contributed by atoms with Crippen LogP contribution in [0.2, 0.25) is 0 Å². The lowest BCUT2D eigenvalue weighted by molar-refractivity contribution is -0.192. The molecule has 11 heteroatoms. The molecule has 3 N–H and O–H groups in total. The Hall–Kier alpha value is -2.85. The van der Waals surface area contributed by atoms with Crippen molar-refractivity contribution in [3.8, 4) is 0 Å². The molecule has 0 atom stereocenters. The summed E-state index contributed by atoms with van der Waals surface area (Å²) in [7, 11) is 0. The van der Waals surface area contributed by atoms with Gasteiger partial charge in [0, 0.05) is 19.6 Å². The Morgan fingerprint density at radius 2 is 1.75 bits per heavy atom. The third kappa shape index (κ3) is 5.57. The van der Waals surface area contributed by atoms with Gasteiger partial charge in [-0.15, -0.1) is 0 Å². The highest BCUT2D eigenvalue weighted by Crippen LogP contribution is 2.22. The number of hydrogen-bond donors (Lipinski definition) is 3. The van der Waals surface area contributed by atoms with Crippen molar-refractivity contribution in [2.24, 2.45) is 5.92 Å². The summed E-state index contributed by atoms with van der Waals surface area (Å²) >= 11 is 0. The maximum absolute atomic E-state index is 12.5. The van der Waals surface area contributed by atoms with Gasteiger partial charge in [-0.3, -0.25) is 9.59 Å². The first-order valence-electron chi connectivity index (χ1n) is 8.65. The van der Waals surface area contributed by atoms with Gasteiger partial charge in [0.05, 0.1) is 17.3 Å². The number of nitrogens with one attached hydrogen (secondary N) is 1. The maximum atomic E-state index is 12.5. The Morgan fingerprint density at radius 3 is 2.29 bits per heavy atom. The van der Waals surface area contributed by atoms with Gasteiger partial charge in [-0.05, 0) is 37.8 Å². The van der Waals surface area contributed by atoms with Crippen LogP contribution in [0.1, 0.15) is 35.4 Å². The van der Waals surface area contributed by atoms with Crippen LogP contribution < -0.4 is 5.32 Å². The SMILES string of the molecule is O=C(O)C(F)(F)F.O=C(O)C1CCN(C(=O)c2ccc3c(n2)CCCN3)CC1. The summed E-state index contributed by atoms with van der Waals surface area (Å²) in [5, 5.41) is 19.4. The number of aromatic nitrogens is 1. The zero-order chi connectivity index (χ0) is 20.9. The second-order valence-corrected chi connectivity index (χ2v) is 6.43. The number of fused-ring (bicyclic) bond motifs is 1. The van der Waals surface area contributed by atoms with Crippen molar-refractivity contribution in [3.63, 3.8) is 0 Å². The average molecular weight is 403 g/mol. The number of hydrogen-bond acceptors (Lipinski definition) is 5. The fourth-order valence-corrected chi connectivity index (χ4v) is 2.94. The molecule has 0 saturated carbocycles. The lowest BCUT2D eigenvalue weighted by Gasteiger charge is -2.30. The topological polar surface area (TPSA) is 120 Å². The quantitative estimate of drug-likeness (QED) is 0.691. The summed E-state index contributed by atoms with van der Waals surface area (Å²) < 4.78 is 31.7. The summed E-state index contributed by atoms with van der Waals surface area (Å²) in [6, 6.07) is 3.67. The Kier molecular flexibility index (Phi) is 6.81. The van der Waals surface area contributed by atoms with Crippen LogP contribution in [0.15, 0.2) is 12.1 Å². The van der Waals surface area contributed by atoms with Gasteiger partial charge in [0.2, 0.25) is 0 Å². The van der Waals surface area contributed by atoms with E-state index in [0.29, 0.717) is 31.6 Å². The molecule has 0 aliphatic carbocycles. The van der Waals surface area contributed by atoms with Crippen molar-refractivity contribution < 1.29 is 37.8 Å². The minimum Gasteiger partial charge on any atom is -0.481 e. The van der Waals surface area contributed by atoms with Gasteiger partial charge in [0.15, 0.2) is 0 Å². The highest BCUT2D eigenvalue weighted by atomic mass is 19.4. The molecule has 0 spiro atoms. The Bertz CT molecular complexity index is 746. The lowest BCUT2D eigenvalue weighted by Crippen LogP contribution is -2.40. The Balaban J connectivity index is 0.000000345. The van der Waals surface area contributed by atoms with Crippen LogP contribution in [-0.2, 0) is 16.0 Å². The minimum absolute atomic E-state index is 0.0905. The predicted octanol–water partition coefficient (Wildman–Crippen LogP) is 2.01. The van der Waals surface area contributed by atoms with Crippen molar-refractivity contribution >= 4 is 23.5 Å². The van der Waals surface area contributed by atoms with Crippen molar-refractivity contribution in [3.05, 3.63) is 23.5 Å². The first kappa shape index (κ1) is 21.5. The van der Waals surface area contributed by atoms with Gasteiger partial charge < -0.3 is 20.4 Å². The molecule has 154 valence electrons. The molecule has 1 saturated heterocycles. The van der Waals surface area contributed by atoms with E-state index in [1.54, 1.807) is 11.0 Å². The highest BCUT2D eigenvalue weighted by molar-refractivity contribution is 5.93. The summed E-state index contributed by atoms with van der Waals surface area (Å²) in [5.41, 5.74) is 2.43. The van der Waals surface area contributed by atoms with Crippen molar-refractivity contribution in [2.45, 2.75) is 31.9 Å². The number of amides is 1. The number of aliphatic carboxylic acids is 2. The molecule has 0 unspecified atom stereocenters. The fraction of sp³-hybridized carbons (Fsp3) is 0.529. The molecule has 1 fully saturated rings. The van der Waals surface area contributed by atoms with E-state index in [1.807, 2.05) is 6.07 Å².